The van der Waals surface area contributed by atoms with Gasteiger partial charge in [-0.15, -0.1) is 11.3 Å². The van der Waals surface area contributed by atoms with Gasteiger partial charge in [0, 0.05) is 29.8 Å². The zero-order valence-electron chi connectivity index (χ0n) is 16.0. The van der Waals surface area contributed by atoms with Gasteiger partial charge >= 0.3 is 0 Å². The van der Waals surface area contributed by atoms with Crippen LogP contribution in [0.3, 0.4) is 0 Å². The number of ketones is 1. The van der Waals surface area contributed by atoms with E-state index in [2.05, 4.69) is 22.1 Å². The summed E-state index contributed by atoms with van der Waals surface area (Å²) in [5, 5.41) is 3.48. The molecule has 0 saturated carbocycles. The molecular weight excluding hydrogens is 358 g/mol. The molecule has 0 atom stereocenters. The lowest BCUT2D eigenvalue weighted by Crippen LogP contribution is -2.32. The molecule has 5 nitrogen and oxygen atoms in total. The van der Waals surface area contributed by atoms with Crippen molar-refractivity contribution in [3.63, 3.8) is 0 Å². The normalized spacial score (nSPS) is 15.6. The van der Waals surface area contributed by atoms with E-state index < -0.39 is 0 Å². The van der Waals surface area contributed by atoms with Crippen LogP contribution in [0, 0.1) is 12.8 Å². The van der Waals surface area contributed by atoms with E-state index in [9.17, 15) is 9.59 Å². The highest BCUT2D eigenvalue weighted by Gasteiger charge is 2.19. The van der Waals surface area contributed by atoms with Crippen molar-refractivity contribution in [2.45, 2.75) is 46.1 Å². The Bertz CT molecular complexity index is 780. The summed E-state index contributed by atoms with van der Waals surface area (Å²) >= 11 is 1.54. The lowest BCUT2D eigenvalue weighted by atomic mass is 9.99. The molecule has 1 aromatic carbocycles. The van der Waals surface area contributed by atoms with Crippen LogP contribution in [0.1, 0.15) is 53.5 Å². The Hall–Kier alpha value is -2.05. The molecule has 0 bridgehead atoms. The maximum absolute atomic E-state index is 12.2. The Morgan fingerprint density at radius 1 is 1.19 bits per heavy atom. The molecule has 1 aromatic heterocycles. The van der Waals surface area contributed by atoms with Crippen molar-refractivity contribution in [1.29, 1.82) is 0 Å². The zero-order chi connectivity index (χ0) is 19.2. The minimum absolute atomic E-state index is 0.0129. The van der Waals surface area contributed by atoms with Crippen LogP contribution in [0.5, 0.6) is 0 Å². The summed E-state index contributed by atoms with van der Waals surface area (Å²) < 4.78 is 0. The van der Waals surface area contributed by atoms with E-state index in [4.69, 9.17) is 0 Å². The molecule has 27 heavy (non-hydrogen) atoms. The average Bonchev–Trinajstić information content (AvgIpc) is 3.01. The van der Waals surface area contributed by atoms with E-state index in [1.165, 1.54) is 17.7 Å². The smallest absolute Gasteiger partial charge is 0.226 e. The van der Waals surface area contributed by atoms with E-state index >= 15 is 0 Å². The van der Waals surface area contributed by atoms with Crippen molar-refractivity contribution in [2.75, 3.05) is 18.4 Å². The molecule has 144 valence electrons. The number of benzene rings is 1. The Morgan fingerprint density at radius 3 is 2.59 bits per heavy atom. The number of anilines is 1. The van der Waals surface area contributed by atoms with Gasteiger partial charge in [-0.2, -0.15) is 0 Å². The van der Waals surface area contributed by atoms with E-state index in [1.807, 2.05) is 25.1 Å². The summed E-state index contributed by atoms with van der Waals surface area (Å²) in [6, 6.07) is 9.08. The first-order chi connectivity index (χ1) is 13.0. The van der Waals surface area contributed by atoms with Gasteiger partial charge in [0.1, 0.15) is 0 Å². The van der Waals surface area contributed by atoms with Crippen molar-refractivity contribution >= 4 is 28.2 Å². The molecule has 1 fully saturated rings. The first kappa shape index (κ1) is 19.7. The summed E-state index contributed by atoms with van der Waals surface area (Å²) in [5.74, 6) is 0.643. The molecule has 1 aliphatic rings. The number of likely N-dealkylation sites (tertiary alicyclic amines) is 1. The van der Waals surface area contributed by atoms with E-state index in [1.54, 1.807) is 23.5 Å². The van der Waals surface area contributed by atoms with Gasteiger partial charge in [-0.1, -0.05) is 37.3 Å². The maximum atomic E-state index is 12.2. The van der Waals surface area contributed by atoms with Crippen molar-refractivity contribution in [2.24, 2.45) is 5.92 Å². The number of Topliss-reactive ketones (excluding diaryl/α,β-unsaturated/α-hetero) is 1. The topological polar surface area (TPSA) is 62.3 Å². The SMILES string of the molecule is Cc1nc(NC(=O)CCC(=O)c2ccccc2)sc1CN1CCC(C)CC1. The largest absolute Gasteiger partial charge is 0.302 e. The van der Waals surface area contributed by atoms with Crippen LogP contribution in [-0.4, -0.2) is 34.7 Å². The summed E-state index contributed by atoms with van der Waals surface area (Å²) in [5.41, 5.74) is 1.63. The summed E-state index contributed by atoms with van der Waals surface area (Å²) in [7, 11) is 0. The number of hydrogen-bond donors (Lipinski definition) is 1. The third kappa shape index (κ3) is 5.71. The van der Waals surface area contributed by atoms with Gasteiger partial charge in [-0.3, -0.25) is 14.5 Å². The second-order valence-corrected chi connectivity index (χ2v) is 8.41. The number of piperidine rings is 1. The van der Waals surface area contributed by atoms with Crippen molar-refractivity contribution in [3.05, 3.63) is 46.5 Å². The van der Waals surface area contributed by atoms with Crippen molar-refractivity contribution in [1.82, 2.24) is 9.88 Å². The number of amides is 1. The van der Waals surface area contributed by atoms with Crippen LogP contribution in [-0.2, 0) is 11.3 Å². The average molecular weight is 386 g/mol. The number of hydrogen-bond acceptors (Lipinski definition) is 5. The Labute approximate surface area is 164 Å². The van der Waals surface area contributed by atoms with Crippen molar-refractivity contribution in [3.8, 4) is 0 Å². The highest BCUT2D eigenvalue weighted by Crippen LogP contribution is 2.26. The molecule has 0 unspecified atom stereocenters. The number of carbonyl (C=O) groups is 2. The molecule has 2 heterocycles. The van der Waals surface area contributed by atoms with Crippen LogP contribution in [0.15, 0.2) is 30.3 Å². The fourth-order valence-corrected chi connectivity index (χ4v) is 4.25. The standard InChI is InChI=1S/C21H27N3O2S/c1-15-10-12-24(13-11-15)14-19-16(2)22-21(27-19)23-20(26)9-8-18(25)17-6-4-3-5-7-17/h3-7,15H,8-14H2,1-2H3,(H,22,23,26). The number of aryl methyl sites for hydroxylation is 1. The van der Waals surface area contributed by atoms with E-state index in [0.717, 1.165) is 31.2 Å². The van der Waals surface area contributed by atoms with Gasteiger partial charge in [0.25, 0.3) is 0 Å². The molecule has 0 radical (unpaired) electrons. The zero-order valence-corrected chi connectivity index (χ0v) is 16.8. The molecule has 6 heteroatoms. The Morgan fingerprint density at radius 2 is 1.89 bits per heavy atom. The summed E-state index contributed by atoms with van der Waals surface area (Å²) in [6.45, 7) is 7.46. The molecule has 1 saturated heterocycles. The van der Waals surface area contributed by atoms with Crippen LogP contribution in [0.4, 0.5) is 5.13 Å². The van der Waals surface area contributed by atoms with E-state index in [-0.39, 0.29) is 24.5 Å². The molecule has 1 N–H and O–H groups in total. The fraction of sp³-hybridized carbons (Fsp3) is 0.476. The van der Waals surface area contributed by atoms with Gasteiger partial charge in [-0.05, 0) is 38.8 Å². The highest BCUT2D eigenvalue weighted by molar-refractivity contribution is 7.15. The number of thiazole rings is 1. The molecule has 1 aliphatic heterocycles. The van der Waals surface area contributed by atoms with Gasteiger partial charge < -0.3 is 5.32 Å². The van der Waals surface area contributed by atoms with Crippen LogP contribution in [0.25, 0.3) is 0 Å². The number of nitrogens with zero attached hydrogens (tertiary/aromatic N) is 2. The molecule has 2 aromatic rings. The van der Waals surface area contributed by atoms with E-state index in [0.29, 0.717) is 10.7 Å². The monoisotopic (exact) mass is 385 g/mol. The number of aromatic nitrogens is 1. The molecule has 3 rings (SSSR count). The second-order valence-electron chi connectivity index (χ2n) is 7.32. The van der Waals surface area contributed by atoms with Crippen LogP contribution in [0.2, 0.25) is 0 Å². The Balaban J connectivity index is 1.49. The first-order valence-corrected chi connectivity index (χ1v) is 10.4. The van der Waals surface area contributed by atoms with Gasteiger partial charge in [0.15, 0.2) is 10.9 Å². The molecule has 1 amide bonds. The number of rotatable bonds is 7. The fourth-order valence-electron chi connectivity index (χ4n) is 3.23. The molecular formula is C21H27N3O2S. The number of nitrogens with one attached hydrogen (secondary N) is 1. The predicted octanol–water partition coefficient (Wildman–Crippen LogP) is 4.29. The van der Waals surface area contributed by atoms with Crippen LogP contribution >= 0.6 is 11.3 Å². The lowest BCUT2D eigenvalue weighted by molar-refractivity contribution is -0.116. The summed E-state index contributed by atoms with van der Waals surface area (Å²) in [6.07, 6.45) is 2.87. The quantitative estimate of drug-likeness (QED) is 0.723. The third-order valence-electron chi connectivity index (χ3n) is 5.06. The van der Waals surface area contributed by atoms with Gasteiger partial charge in [-0.25, -0.2) is 4.98 Å². The molecule has 0 spiro atoms. The predicted molar refractivity (Wildman–Crippen MR) is 109 cm³/mol. The maximum Gasteiger partial charge on any atom is 0.226 e. The second kappa shape index (κ2) is 9.24. The minimum atomic E-state index is -0.161. The van der Waals surface area contributed by atoms with Crippen LogP contribution < -0.4 is 5.32 Å². The van der Waals surface area contributed by atoms with Gasteiger partial charge in [0.2, 0.25) is 5.91 Å². The molecule has 0 aliphatic carbocycles. The minimum Gasteiger partial charge on any atom is -0.302 e. The lowest BCUT2D eigenvalue weighted by Gasteiger charge is -2.29. The van der Waals surface area contributed by atoms with Crippen molar-refractivity contribution < 1.29 is 9.59 Å². The van der Waals surface area contributed by atoms with Gasteiger partial charge in [0.05, 0.1) is 5.69 Å². The number of carbonyl (C=O) groups excluding carboxylic acids is 2. The highest BCUT2D eigenvalue weighted by atomic mass is 32.1. The Kier molecular flexibility index (Phi) is 6.74. The summed E-state index contributed by atoms with van der Waals surface area (Å²) in [4.78, 5) is 32.5. The first-order valence-electron chi connectivity index (χ1n) is 9.58. The third-order valence-corrected chi connectivity index (χ3v) is 6.11.